The topological polar surface area (TPSA) is 9.23 Å². The maximum absolute atomic E-state index is 5.86. The molecule has 1 aliphatic carbocycles. The van der Waals surface area contributed by atoms with E-state index >= 15 is 0 Å². The summed E-state index contributed by atoms with van der Waals surface area (Å²) in [6, 6.07) is 0. The molecule has 72 valence electrons. The standard InChI is InChI=1S/C12H18O/c1-3-9-10-7-5-6-8-12(10)13-11(9)4-2/h4,9H,3,5-8H2,1-2H3/b11-4+. The van der Waals surface area contributed by atoms with Crippen molar-refractivity contribution in [2.45, 2.75) is 46.0 Å². The van der Waals surface area contributed by atoms with Crippen molar-refractivity contribution < 1.29 is 4.74 Å². The second-order valence-electron chi connectivity index (χ2n) is 3.91. The van der Waals surface area contributed by atoms with Crippen molar-refractivity contribution in [2.75, 3.05) is 0 Å². The summed E-state index contributed by atoms with van der Waals surface area (Å²) in [5.41, 5.74) is 1.60. The molecule has 0 saturated carbocycles. The normalized spacial score (nSPS) is 30.6. The fraction of sp³-hybridized carbons (Fsp3) is 0.667. The van der Waals surface area contributed by atoms with Crippen LogP contribution in [0.25, 0.3) is 0 Å². The van der Waals surface area contributed by atoms with E-state index in [0.29, 0.717) is 5.92 Å². The van der Waals surface area contributed by atoms with E-state index in [1.807, 2.05) is 0 Å². The fourth-order valence-corrected chi connectivity index (χ4v) is 2.48. The van der Waals surface area contributed by atoms with Crippen LogP contribution in [0, 0.1) is 5.92 Å². The van der Waals surface area contributed by atoms with E-state index in [-0.39, 0.29) is 0 Å². The minimum atomic E-state index is 0.611. The minimum Gasteiger partial charge on any atom is -0.466 e. The maximum Gasteiger partial charge on any atom is 0.107 e. The van der Waals surface area contributed by atoms with Crippen molar-refractivity contribution in [1.29, 1.82) is 0 Å². The van der Waals surface area contributed by atoms with Gasteiger partial charge in [-0.25, -0.2) is 0 Å². The third kappa shape index (κ3) is 1.41. The summed E-state index contributed by atoms with van der Waals surface area (Å²) in [5, 5.41) is 0. The zero-order chi connectivity index (χ0) is 9.26. The van der Waals surface area contributed by atoms with Crippen LogP contribution < -0.4 is 0 Å². The molecule has 2 rings (SSSR count). The highest BCUT2D eigenvalue weighted by molar-refractivity contribution is 5.29. The molecule has 1 heterocycles. The zero-order valence-corrected chi connectivity index (χ0v) is 8.60. The molecule has 1 heteroatoms. The highest BCUT2D eigenvalue weighted by Gasteiger charge is 2.31. The molecule has 0 aromatic rings. The van der Waals surface area contributed by atoms with E-state index in [4.69, 9.17) is 4.74 Å². The Hall–Kier alpha value is -0.720. The largest absolute Gasteiger partial charge is 0.466 e. The molecule has 0 spiro atoms. The van der Waals surface area contributed by atoms with Crippen LogP contribution in [0.3, 0.4) is 0 Å². The Morgan fingerprint density at radius 1 is 1.38 bits per heavy atom. The second-order valence-corrected chi connectivity index (χ2v) is 3.91. The van der Waals surface area contributed by atoms with Crippen LogP contribution >= 0.6 is 0 Å². The van der Waals surface area contributed by atoms with Crippen molar-refractivity contribution in [2.24, 2.45) is 5.92 Å². The van der Waals surface area contributed by atoms with Gasteiger partial charge in [0.2, 0.25) is 0 Å². The summed E-state index contributed by atoms with van der Waals surface area (Å²) in [4.78, 5) is 0. The van der Waals surface area contributed by atoms with Gasteiger partial charge >= 0.3 is 0 Å². The molecule has 1 unspecified atom stereocenters. The molecule has 0 aromatic carbocycles. The van der Waals surface area contributed by atoms with E-state index < -0.39 is 0 Å². The first-order valence-corrected chi connectivity index (χ1v) is 5.42. The summed E-state index contributed by atoms with van der Waals surface area (Å²) < 4.78 is 5.86. The molecular weight excluding hydrogens is 160 g/mol. The molecule has 0 fully saturated rings. The van der Waals surface area contributed by atoms with Crippen LogP contribution in [0.15, 0.2) is 23.2 Å². The first kappa shape index (κ1) is 8.86. The average Bonchev–Trinajstić information content (AvgIpc) is 2.55. The molecule has 2 aliphatic rings. The molecule has 13 heavy (non-hydrogen) atoms. The fourth-order valence-electron chi connectivity index (χ4n) is 2.48. The molecule has 1 atom stereocenters. The van der Waals surface area contributed by atoms with Crippen LogP contribution in [0.4, 0.5) is 0 Å². The van der Waals surface area contributed by atoms with Gasteiger partial charge in [-0.3, -0.25) is 0 Å². The predicted octanol–water partition coefficient (Wildman–Crippen LogP) is 3.77. The zero-order valence-electron chi connectivity index (χ0n) is 8.60. The van der Waals surface area contributed by atoms with E-state index in [9.17, 15) is 0 Å². The average molecular weight is 178 g/mol. The molecule has 0 bridgehead atoms. The Morgan fingerprint density at radius 2 is 2.15 bits per heavy atom. The second kappa shape index (κ2) is 3.57. The lowest BCUT2D eigenvalue weighted by Gasteiger charge is -2.14. The molecule has 0 N–H and O–H groups in total. The van der Waals surface area contributed by atoms with Gasteiger partial charge in [0, 0.05) is 12.3 Å². The minimum absolute atomic E-state index is 0.611. The quantitative estimate of drug-likeness (QED) is 0.593. The van der Waals surface area contributed by atoms with Gasteiger partial charge in [-0.2, -0.15) is 0 Å². The van der Waals surface area contributed by atoms with Crippen molar-refractivity contribution in [1.82, 2.24) is 0 Å². The Bertz CT molecular complexity index is 260. The van der Waals surface area contributed by atoms with E-state index in [1.54, 1.807) is 5.57 Å². The van der Waals surface area contributed by atoms with Crippen LogP contribution in [0.2, 0.25) is 0 Å². The van der Waals surface area contributed by atoms with Gasteiger partial charge in [-0.1, -0.05) is 6.92 Å². The highest BCUT2D eigenvalue weighted by Crippen LogP contribution is 2.43. The molecular formula is C12H18O. The monoisotopic (exact) mass is 178 g/mol. The number of allylic oxidation sites excluding steroid dienone is 3. The van der Waals surface area contributed by atoms with Crippen molar-refractivity contribution in [3.05, 3.63) is 23.2 Å². The van der Waals surface area contributed by atoms with Gasteiger partial charge in [-0.05, 0) is 44.3 Å². The van der Waals surface area contributed by atoms with Crippen molar-refractivity contribution in [3.63, 3.8) is 0 Å². The molecule has 0 aromatic heterocycles. The first-order chi connectivity index (χ1) is 6.36. The summed E-state index contributed by atoms with van der Waals surface area (Å²) in [6.07, 6.45) is 8.43. The number of ether oxygens (including phenoxy) is 1. The van der Waals surface area contributed by atoms with E-state index in [1.165, 1.54) is 43.6 Å². The predicted molar refractivity (Wildman–Crippen MR) is 54.1 cm³/mol. The summed E-state index contributed by atoms with van der Waals surface area (Å²) in [6.45, 7) is 4.33. The smallest absolute Gasteiger partial charge is 0.107 e. The van der Waals surface area contributed by atoms with Gasteiger partial charge in [0.05, 0.1) is 0 Å². The number of rotatable bonds is 1. The highest BCUT2D eigenvalue weighted by atomic mass is 16.5. The van der Waals surface area contributed by atoms with Gasteiger partial charge < -0.3 is 4.74 Å². The molecule has 1 nitrogen and oxygen atoms in total. The third-order valence-electron chi connectivity index (χ3n) is 3.16. The third-order valence-corrected chi connectivity index (χ3v) is 3.16. The molecule has 0 amide bonds. The molecule has 0 radical (unpaired) electrons. The Labute approximate surface area is 80.5 Å². The van der Waals surface area contributed by atoms with Gasteiger partial charge in [-0.15, -0.1) is 0 Å². The Morgan fingerprint density at radius 3 is 2.85 bits per heavy atom. The molecule has 1 aliphatic heterocycles. The van der Waals surface area contributed by atoms with Gasteiger partial charge in [0.15, 0.2) is 0 Å². The summed E-state index contributed by atoms with van der Waals surface area (Å²) in [7, 11) is 0. The maximum atomic E-state index is 5.86. The first-order valence-electron chi connectivity index (χ1n) is 5.42. The number of hydrogen-bond acceptors (Lipinski definition) is 1. The summed E-state index contributed by atoms with van der Waals surface area (Å²) in [5.74, 6) is 3.11. The van der Waals surface area contributed by atoms with Gasteiger partial charge in [0.25, 0.3) is 0 Å². The van der Waals surface area contributed by atoms with Crippen LogP contribution in [-0.2, 0) is 4.74 Å². The van der Waals surface area contributed by atoms with E-state index in [2.05, 4.69) is 19.9 Å². The SMILES string of the molecule is C/C=C1/OC2=C(CCCC2)C1CC. The molecule has 0 saturated heterocycles. The van der Waals surface area contributed by atoms with E-state index in [0.717, 1.165) is 0 Å². The van der Waals surface area contributed by atoms with Crippen LogP contribution in [0.5, 0.6) is 0 Å². The summed E-state index contributed by atoms with van der Waals surface area (Å²) >= 11 is 0. The lowest BCUT2D eigenvalue weighted by molar-refractivity contribution is 0.287. The van der Waals surface area contributed by atoms with Crippen LogP contribution in [0.1, 0.15) is 46.0 Å². The Balaban J connectivity index is 2.26. The lowest BCUT2D eigenvalue weighted by Crippen LogP contribution is -2.03. The van der Waals surface area contributed by atoms with Crippen molar-refractivity contribution in [3.8, 4) is 0 Å². The van der Waals surface area contributed by atoms with Crippen LogP contribution in [-0.4, -0.2) is 0 Å². The van der Waals surface area contributed by atoms with Gasteiger partial charge in [0.1, 0.15) is 11.5 Å². The lowest BCUT2D eigenvalue weighted by atomic mass is 9.87. The number of hydrogen-bond donors (Lipinski definition) is 0. The Kier molecular flexibility index (Phi) is 2.43. The van der Waals surface area contributed by atoms with Crippen molar-refractivity contribution >= 4 is 0 Å².